The van der Waals surface area contributed by atoms with E-state index < -0.39 is 14.6 Å². The monoisotopic (exact) mass is 395 g/mol. The molecule has 1 aromatic rings. The molecule has 1 aliphatic carbocycles. The lowest BCUT2D eigenvalue weighted by Gasteiger charge is -2.45. The maximum atomic E-state index is 12.8. The van der Waals surface area contributed by atoms with Gasteiger partial charge in [-0.25, -0.2) is 13.4 Å². The van der Waals surface area contributed by atoms with E-state index in [2.05, 4.69) is 38.6 Å². The lowest BCUT2D eigenvalue weighted by atomic mass is 9.87. The van der Waals surface area contributed by atoms with Crippen LogP contribution in [0.2, 0.25) is 0 Å². The van der Waals surface area contributed by atoms with Gasteiger partial charge in [0.2, 0.25) is 0 Å². The van der Waals surface area contributed by atoms with Crippen LogP contribution in [0, 0.1) is 5.92 Å². The standard InChI is InChI=1S/C19H33N5O2S/c1-16(2)14-23-10-9-21-17(23)13-22-18(20-3)24-11-12-27(25,26)19(15-24)7-5-4-6-8-19/h9-10,16H,4-8,11-15H2,1-3H3,(H,20,22). The van der Waals surface area contributed by atoms with Crippen molar-refractivity contribution in [2.75, 3.05) is 25.9 Å². The van der Waals surface area contributed by atoms with Gasteiger partial charge in [-0.3, -0.25) is 4.99 Å². The average molecular weight is 396 g/mol. The normalized spacial score (nSPS) is 22.4. The third-order valence-electron chi connectivity index (χ3n) is 5.81. The van der Waals surface area contributed by atoms with Crippen molar-refractivity contribution >= 4 is 15.8 Å². The van der Waals surface area contributed by atoms with Crippen LogP contribution in [0.5, 0.6) is 0 Å². The molecule has 0 unspecified atom stereocenters. The van der Waals surface area contributed by atoms with Gasteiger partial charge in [-0.05, 0) is 18.8 Å². The Balaban J connectivity index is 1.69. The molecule has 0 bridgehead atoms. The Kier molecular flexibility index (Phi) is 6.13. The van der Waals surface area contributed by atoms with E-state index in [0.29, 0.717) is 25.6 Å². The summed E-state index contributed by atoms with van der Waals surface area (Å²) in [5.74, 6) is 2.52. The highest BCUT2D eigenvalue weighted by Gasteiger charge is 2.48. The van der Waals surface area contributed by atoms with Gasteiger partial charge >= 0.3 is 0 Å². The van der Waals surface area contributed by atoms with Crippen LogP contribution in [-0.4, -0.2) is 59.5 Å². The fourth-order valence-corrected chi connectivity index (χ4v) is 6.53. The van der Waals surface area contributed by atoms with E-state index in [0.717, 1.165) is 50.4 Å². The van der Waals surface area contributed by atoms with Crippen molar-refractivity contribution in [1.29, 1.82) is 0 Å². The van der Waals surface area contributed by atoms with E-state index >= 15 is 0 Å². The predicted octanol–water partition coefficient (Wildman–Crippen LogP) is 2.05. The van der Waals surface area contributed by atoms with E-state index in [1.165, 1.54) is 0 Å². The SMILES string of the molecule is CN=C(NCc1nccn1CC(C)C)N1CCS(=O)(=O)C2(CCCCC2)C1. The summed E-state index contributed by atoms with van der Waals surface area (Å²) in [6.45, 7) is 6.95. The van der Waals surface area contributed by atoms with E-state index in [9.17, 15) is 8.42 Å². The zero-order valence-corrected chi connectivity index (χ0v) is 17.6. The van der Waals surface area contributed by atoms with Crippen LogP contribution in [0.4, 0.5) is 0 Å². The number of imidazole rings is 1. The summed E-state index contributed by atoms with van der Waals surface area (Å²) < 4.78 is 27.2. The van der Waals surface area contributed by atoms with E-state index in [4.69, 9.17) is 0 Å². The lowest BCUT2D eigenvalue weighted by Crippen LogP contribution is -2.60. The molecule has 1 spiro atoms. The maximum Gasteiger partial charge on any atom is 0.194 e. The van der Waals surface area contributed by atoms with Crippen LogP contribution < -0.4 is 5.32 Å². The number of nitrogens with one attached hydrogen (secondary N) is 1. The molecule has 1 saturated carbocycles. The van der Waals surface area contributed by atoms with Gasteiger partial charge < -0.3 is 14.8 Å². The minimum Gasteiger partial charge on any atom is -0.349 e. The highest BCUT2D eigenvalue weighted by atomic mass is 32.2. The molecular weight excluding hydrogens is 362 g/mol. The molecule has 27 heavy (non-hydrogen) atoms. The Bertz CT molecular complexity index is 763. The molecular formula is C19H33N5O2S. The first-order chi connectivity index (χ1) is 12.9. The number of sulfone groups is 1. The Labute approximate surface area is 163 Å². The largest absolute Gasteiger partial charge is 0.349 e. The van der Waals surface area contributed by atoms with Gasteiger partial charge in [0.25, 0.3) is 0 Å². The summed E-state index contributed by atoms with van der Waals surface area (Å²) in [7, 11) is -1.28. The first kappa shape index (κ1) is 20.2. The molecule has 1 aliphatic heterocycles. The lowest BCUT2D eigenvalue weighted by molar-refractivity contribution is 0.273. The van der Waals surface area contributed by atoms with E-state index in [1.807, 2.05) is 12.4 Å². The number of nitrogens with zero attached hydrogens (tertiary/aromatic N) is 4. The van der Waals surface area contributed by atoms with Gasteiger partial charge in [-0.1, -0.05) is 33.1 Å². The van der Waals surface area contributed by atoms with E-state index in [1.54, 1.807) is 7.05 Å². The Hall–Kier alpha value is -1.57. The highest BCUT2D eigenvalue weighted by Crippen LogP contribution is 2.38. The number of rotatable bonds is 4. The van der Waals surface area contributed by atoms with Crippen LogP contribution >= 0.6 is 0 Å². The summed E-state index contributed by atoms with van der Waals surface area (Å²) in [5.41, 5.74) is 0. The highest BCUT2D eigenvalue weighted by molar-refractivity contribution is 7.92. The van der Waals surface area contributed by atoms with Crippen molar-refractivity contribution in [1.82, 2.24) is 19.8 Å². The number of hydrogen-bond acceptors (Lipinski definition) is 4. The zero-order chi connectivity index (χ0) is 19.5. The molecule has 8 heteroatoms. The van der Waals surface area contributed by atoms with Crippen molar-refractivity contribution in [3.8, 4) is 0 Å². The minimum atomic E-state index is -3.04. The molecule has 2 fully saturated rings. The number of aliphatic imine (C=N–C) groups is 1. The van der Waals surface area contributed by atoms with Crippen LogP contribution in [0.25, 0.3) is 0 Å². The van der Waals surface area contributed by atoms with Gasteiger partial charge in [0.1, 0.15) is 5.82 Å². The molecule has 3 rings (SSSR count). The molecule has 1 saturated heterocycles. The van der Waals surface area contributed by atoms with E-state index in [-0.39, 0.29) is 5.75 Å². The average Bonchev–Trinajstić information content (AvgIpc) is 3.06. The molecule has 2 aliphatic rings. The third-order valence-corrected chi connectivity index (χ3v) is 8.39. The van der Waals surface area contributed by atoms with Gasteiger partial charge in [0.05, 0.1) is 17.0 Å². The first-order valence-corrected chi connectivity index (χ1v) is 11.7. The first-order valence-electron chi connectivity index (χ1n) is 10.0. The molecule has 1 N–H and O–H groups in total. The second-order valence-corrected chi connectivity index (χ2v) is 10.8. The molecule has 0 amide bonds. The Morgan fingerprint density at radius 1 is 1.33 bits per heavy atom. The van der Waals surface area contributed by atoms with Gasteiger partial charge in [0, 0.05) is 39.1 Å². The van der Waals surface area contributed by atoms with Crippen molar-refractivity contribution < 1.29 is 8.42 Å². The Morgan fingerprint density at radius 2 is 2.07 bits per heavy atom. The number of hydrogen-bond donors (Lipinski definition) is 1. The molecule has 152 valence electrons. The van der Waals surface area contributed by atoms with Crippen LogP contribution in [0.1, 0.15) is 51.8 Å². The number of guanidine groups is 1. The topological polar surface area (TPSA) is 79.6 Å². The molecule has 7 nitrogen and oxygen atoms in total. The van der Waals surface area contributed by atoms with Crippen LogP contribution in [-0.2, 0) is 22.9 Å². The smallest absolute Gasteiger partial charge is 0.194 e. The molecule has 1 aromatic heterocycles. The molecule has 0 aromatic carbocycles. The summed E-state index contributed by atoms with van der Waals surface area (Å²) >= 11 is 0. The second kappa shape index (κ2) is 8.20. The second-order valence-electron chi connectivity index (χ2n) is 8.27. The summed E-state index contributed by atoms with van der Waals surface area (Å²) in [5, 5.41) is 3.40. The van der Waals surface area contributed by atoms with Gasteiger partial charge in [-0.2, -0.15) is 0 Å². The summed E-state index contributed by atoms with van der Waals surface area (Å²) in [6.07, 6.45) is 8.54. The minimum absolute atomic E-state index is 0.218. The van der Waals surface area contributed by atoms with Crippen LogP contribution in [0.15, 0.2) is 17.4 Å². The fraction of sp³-hybridized carbons (Fsp3) is 0.789. The summed E-state index contributed by atoms with van der Waals surface area (Å²) in [6, 6.07) is 0. The fourth-order valence-electron chi connectivity index (χ4n) is 4.38. The van der Waals surface area contributed by atoms with Crippen molar-refractivity contribution in [3.05, 3.63) is 18.2 Å². The number of aromatic nitrogens is 2. The molecule has 0 radical (unpaired) electrons. The quantitative estimate of drug-likeness (QED) is 0.623. The predicted molar refractivity (Wildman–Crippen MR) is 108 cm³/mol. The third kappa shape index (κ3) is 4.31. The molecule has 0 atom stereocenters. The zero-order valence-electron chi connectivity index (χ0n) is 16.8. The Morgan fingerprint density at radius 3 is 2.74 bits per heavy atom. The van der Waals surface area contributed by atoms with Crippen molar-refractivity contribution in [2.24, 2.45) is 10.9 Å². The van der Waals surface area contributed by atoms with Gasteiger partial charge in [0.15, 0.2) is 15.8 Å². The van der Waals surface area contributed by atoms with Crippen LogP contribution in [0.3, 0.4) is 0 Å². The van der Waals surface area contributed by atoms with Crippen molar-refractivity contribution in [3.63, 3.8) is 0 Å². The molecule has 2 heterocycles. The maximum absolute atomic E-state index is 12.8. The van der Waals surface area contributed by atoms with Crippen molar-refractivity contribution in [2.45, 2.75) is 63.8 Å². The summed E-state index contributed by atoms with van der Waals surface area (Å²) in [4.78, 5) is 11.0. The van der Waals surface area contributed by atoms with Gasteiger partial charge in [-0.15, -0.1) is 0 Å².